The minimum absolute atomic E-state index is 0.00429. The summed E-state index contributed by atoms with van der Waals surface area (Å²) in [4.78, 5) is 44.6. The second-order valence-electron chi connectivity index (χ2n) is 18.8. The first-order valence-corrected chi connectivity index (χ1v) is 19.5. The maximum atomic E-state index is 14.9. The van der Waals surface area contributed by atoms with Gasteiger partial charge in [-0.2, -0.15) is 0 Å². The van der Waals surface area contributed by atoms with Gasteiger partial charge in [-0.05, 0) is 113 Å². The van der Waals surface area contributed by atoms with Crippen LogP contribution in [0, 0.1) is 44.3 Å². The van der Waals surface area contributed by atoms with Gasteiger partial charge in [0.1, 0.15) is 5.75 Å². The maximum absolute atomic E-state index is 14.9. The highest BCUT2D eigenvalue weighted by molar-refractivity contribution is 6.10. The molecule has 276 valence electrons. The number of carbonyl (C=O) groups excluding carboxylic acids is 3. The van der Waals surface area contributed by atoms with Crippen LogP contribution in [0.5, 0.6) is 5.75 Å². The van der Waals surface area contributed by atoms with E-state index in [1.165, 1.54) is 0 Å². The maximum Gasteiger partial charge on any atom is 0.313 e. The van der Waals surface area contributed by atoms with Gasteiger partial charge in [0.15, 0.2) is 11.4 Å². The van der Waals surface area contributed by atoms with E-state index in [2.05, 4.69) is 32.1 Å². The van der Waals surface area contributed by atoms with Crippen molar-refractivity contribution >= 4 is 17.7 Å². The Bertz CT molecular complexity index is 1750. The molecule has 51 heavy (non-hydrogen) atoms. The van der Waals surface area contributed by atoms with Crippen molar-refractivity contribution < 1.29 is 34.1 Å². The van der Waals surface area contributed by atoms with Gasteiger partial charge in [0.25, 0.3) is 5.91 Å². The molecular formula is C43H57NO7. The number of allylic oxidation sites excluding steroid dienone is 4. The predicted octanol–water partition coefficient (Wildman–Crippen LogP) is 6.83. The Hall–Kier alpha value is -2.97. The molecule has 1 amide bonds. The van der Waals surface area contributed by atoms with Crippen molar-refractivity contribution in [2.45, 2.75) is 123 Å². The topological polar surface area (TPSA) is 113 Å². The number of hydrogen-bond acceptors (Lipinski definition) is 7. The SMILES string of the molecule is CCCN(C[C@]1(O)CC[C@H]2[C@]34C=C[C@@]5(C=C3C(=O)c3ccc(OC)cc3)CC(O)CC[C@]5(C)[C@H]4CC[C@@]21C)C(=O)[C@@]12CC[C@@](C)(C(=O)O1)C2(C)C. The molecule has 1 saturated heterocycles. The minimum Gasteiger partial charge on any atom is -0.497 e. The zero-order valence-electron chi connectivity index (χ0n) is 31.6. The smallest absolute Gasteiger partial charge is 0.313 e. The summed E-state index contributed by atoms with van der Waals surface area (Å²) in [5.41, 5.74) is -4.15. The Labute approximate surface area is 303 Å². The van der Waals surface area contributed by atoms with E-state index >= 15 is 0 Å². The van der Waals surface area contributed by atoms with Crippen molar-refractivity contribution in [1.29, 1.82) is 0 Å². The largest absolute Gasteiger partial charge is 0.497 e. The minimum atomic E-state index is -1.24. The average molecular weight is 700 g/mol. The molecular weight excluding hydrogens is 642 g/mol. The molecule has 2 spiro atoms. The summed E-state index contributed by atoms with van der Waals surface area (Å²) in [6.45, 7) is 13.2. The van der Waals surface area contributed by atoms with Crippen LogP contribution in [-0.4, -0.2) is 70.3 Å². The number of nitrogens with zero attached hydrogens (tertiary/aromatic N) is 1. The predicted molar refractivity (Wildman–Crippen MR) is 193 cm³/mol. The molecule has 4 saturated carbocycles. The number of aliphatic hydroxyl groups is 2. The van der Waals surface area contributed by atoms with Crippen molar-refractivity contribution in [1.82, 2.24) is 4.90 Å². The highest BCUT2D eigenvalue weighted by Gasteiger charge is 2.78. The second-order valence-corrected chi connectivity index (χ2v) is 18.8. The molecule has 1 aromatic carbocycles. The molecule has 0 radical (unpaired) electrons. The second kappa shape index (κ2) is 10.8. The van der Waals surface area contributed by atoms with E-state index in [0.29, 0.717) is 50.0 Å². The number of amides is 1. The molecule has 1 aliphatic heterocycles. The van der Waals surface area contributed by atoms with Gasteiger partial charge in [-0.25, -0.2) is 0 Å². The molecule has 8 aliphatic rings. The lowest BCUT2D eigenvalue weighted by molar-refractivity contribution is -0.187. The number of carbonyl (C=O) groups is 3. The lowest BCUT2D eigenvalue weighted by Crippen LogP contribution is -2.68. The van der Waals surface area contributed by atoms with Crippen LogP contribution in [-0.2, 0) is 14.3 Å². The van der Waals surface area contributed by atoms with Gasteiger partial charge in [0.2, 0.25) is 0 Å². The molecule has 1 heterocycles. The van der Waals surface area contributed by atoms with Crippen LogP contribution < -0.4 is 4.74 Å². The van der Waals surface area contributed by atoms with E-state index in [9.17, 15) is 24.6 Å². The van der Waals surface area contributed by atoms with Gasteiger partial charge >= 0.3 is 5.97 Å². The molecule has 2 N–H and O–H groups in total. The van der Waals surface area contributed by atoms with Crippen molar-refractivity contribution in [3.05, 3.63) is 53.6 Å². The van der Waals surface area contributed by atoms with Crippen LogP contribution >= 0.6 is 0 Å². The summed E-state index contributed by atoms with van der Waals surface area (Å²) < 4.78 is 11.5. The molecule has 1 unspecified atom stereocenters. The lowest BCUT2D eigenvalue weighted by atomic mass is 9.32. The highest BCUT2D eigenvalue weighted by Crippen LogP contribution is 2.78. The van der Waals surface area contributed by atoms with Crippen LogP contribution in [0.3, 0.4) is 0 Å². The fraction of sp³-hybridized carbons (Fsp3) is 0.698. The molecule has 8 heteroatoms. The molecule has 7 aliphatic carbocycles. The molecule has 4 bridgehead atoms. The first-order valence-electron chi connectivity index (χ1n) is 19.5. The third kappa shape index (κ3) is 4.02. The fourth-order valence-electron chi connectivity index (χ4n) is 13.3. The van der Waals surface area contributed by atoms with Crippen molar-refractivity contribution in [2.75, 3.05) is 20.2 Å². The third-order valence-electron chi connectivity index (χ3n) is 17.0. The number of esters is 1. The Balaban J connectivity index is 1.19. The number of aliphatic hydroxyl groups excluding tert-OH is 1. The summed E-state index contributed by atoms with van der Waals surface area (Å²) in [5, 5.41) is 24.1. The number of fused-ring (bicyclic) bond motifs is 3. The van der Waals surface area contributed by atoms with Crippen LogP contribution in [0.4, 0.5) is 0 Å². The van der Waals surface area contributed by atoms with E-state index in [0.717, 1.165) is 37.7 Å². The van der Waals surface area contributed by atoms with Gasteiger partial charge in [-0.15, -0.1) is 0 Å². The van der Waals surface area contributed by atoms with Gasteiger partial charge in [0.05, 0.1) is 30.8 Å². The van der Waals surface area contributed by atoms with E-state index in [-0.39, 0.29) is 41.5 Å². The monoisotopic (exact) mass is 699 g/mol. The van der Waals surface area contributed by atoms with Crippen LogP contribution in [0.15, 0.2) is 48.1 Å². The zero-order valence-corrected chi connectivity index (χ0v) is 31.6. The number of ketones is 1. The number of Topliss-reactive ketones (excluding diaryl/α,β-unsaturated/α-hetero) is 1. The molecule has 1 aromatic rings. The summed E-state index contributed by atoms with van der Waals surface area (Å²) >= 11 is 0. The highest BCUT2D eigenvalue weighted by atomic mass is 16.6. The van der Waals surface area contributed by atoms with Crippen LogP contribution in [0.25, 0.3) is 0 Å². The zero-order chi connectivity index (χ0) is 36.6. The van der Waals surface area contributed by atoms with Gasteiger partial charge < -0.3 is 24.6 Å². The number of rotatable bonds is 8. The lowest BCUT2D eigenvalue weighted by Gasteiger charge is -2.71. The van der Waals surface area contributed by atoms with E-state index in [4.69, 9.17) is 9.47 Å². The number of hydrogen-bond donors (Lipinski definition) is 2. The average Bonchev–Trinajstić information content (AvgIpc) is 3.55. The van der Waals surface area contributed by atoms with Crippen molar-refractivity contribution in [2.24, 2.45) is 44.3 Å². The normalized spacial score (nSPS) is 45.4. The van der Waals surface area contributed by atoms with Crippen LogP contribution in [0.1, 0.15) is 116 Å². The summed E-state index contributed by atoms with van der Waals surface area (Å²) in [5.74, 6) is 0.358. The van der Waals surface area contributed by atoms with E-state index < -0.39 is 44.4 Å². The van der Waals surface area contributed by atoms with E-state index in [1.807, 2.05) is 56.9 Å². The summed E-state index contributed by atoms with van der Waals surface area (Å²) in [7, 11) is 1.62. The standard InChI is InChI=1S/C43H57NO7/c1-8-23-44(34(47)43-22-19-39(6,35(48)51-43)36(43,2)3)26-41(49)18-15-32-38(41,5)17-14-31-37(4)16-13-28(45)24-40(37)20-21-42(31,32)30(25-40)33(46)27-9-11-29(50-7)12-10-27/h9-12,20-21,25,28,31-32,45,49H,8,13-19,22-24,26H2,1-7H3/t28?,31-,32-,37-,38+,39+,40+,41-,42-,43-/m1/s1. The number of methoxy groups -OCH3 is 1. The Morgan fingerprint density at radius 1 is 0.922 bits per heavy atom. The van der Waals surface area contributed by atoms with Crippen molar-refractivity contribution in [3.63, 3.8) is 0 Å². The van der Waals surface area contributed by atoms with E-state index in [1.54, 1.807) is 7.11 Å². The molecule has 5 fully saturated rings. The van der Waals surface area contributed by atoms with Gasteiger partial charge in [-0.1, -0.05) is 52.8 Å². The first-order chi connectivity index (χ1) is 23.9. The molecule has 10 atom stereocenters. The quantitative estimate of drug-likeness (QED) is 0.174. The third-order valence-corrected chi connectivity index (χ3v) is 17.0. The summed E-state index contributed by atoms with van der Waals surface area (Å²) in [6.07, 6.45) is 13.4. The van der Waals surface area contributed by atoms with Crippen molar-refractivity contribution in [3.8, 4) is 5.75 Å². The fourth-order valence-corrected chi connectivity index (χ4v) is 13.3. The number of ether oxygens (including phenoxy) is 2. The van der Waals surface area contributed by atoms with Gasteiger partial charge in [-0.3, -0.25) is 14.4 Å². The first kappa shape index (κ1) is 35.1. The number of benzene rings is 1. The molecule has 9 rings (SSSR count). The van der Waals surface area contributed by atoms with Gasteiger partial charge in [0, 0.05) is 39.3 Å². The molecule has 8 nitrogen and oxygen atoms in total. The van der Waals surface area contributed by atoms with Crippen LogP contribution in [0.2, 0.25) is 0 Å². The Morgan fingerprint density at radius 2 is 1.59 bits per heavy atom. The summed E-state index contributed by atoms with van der Waals surface area (Å²) in [6, 6.07) is 7.36. The Kier molecular flexibility index (Phi) is 7.43. The Morgan fingerprint density at radius 3 is 2.22 bits per heavy atom. The molecule has 0 aromatic heterocycles.